The average Bonchev–Trinajstić information content (AvgIpc) is 3.00. The van der Waals surface area contributed by atoms with Crippen molar-refractivity contribution in [3.8, 4) is 11.5 Å². The Morgan fingerprint density at radius 3 is 2.75 bits per heavy atom. The fourth-order valence-corrected chi connectivity index (χ4v) is 2.33. The average molecular weight is 329 g/mol. The van der Waals surface area contributed by atoms with Crippen molar-refractivity contribution in [2.75, 3.05) is 0 Å². The number of aryl methyl sites for hydroxylation is 1. The number of rotatable bonds is 1. The Balaban J connectivity index is 0.00000121. The van der Waals surface area contributed by atoms with Crippen LogP contribution in [0.15, 0.2) is 59.3 Å². The molecule has 3 nitrogen and oxygen atoms in total. The lowest BCUT2D eigenvalue weighted by molar-refractivity contribution is 0.629. The molecule has 0 radical (unpaired) electrons. The van der Waals surface area contributed by atoms with E-state index in [1.54, 1.807) is 0 Å². The number of halogens is 1. The maximum absolute atomic E-state index is 5.84. The zero-order valence-electron chi connectivity index (χ0n) is 10.9. The van der Waals surface area contributed by atoms with Gasteiger partial charge in [0.1, 0.15) is 16.9 Å². The van der Waals surface area contributed by atoms with E-state index in [0.717, 1.165) is 28.1 Å². The lowest BCUT2D eigenvalue weighted by Crippen LogP contribution is -1.82. The molecule has 1 aromatic carbocycles. The van der Waals surface area contributed by atoms with E-state index in [9.17, 15) is 0 Å². The number of furan rings is 1. The first kappa shape index (κ1) is 12.9. The summed E-state index contributed by atoms with van der Waals surface area (Å²) in [6.07, 6.45) is 4.06. The van der Waals surface area contributed by atoms with Gasteiger partial charge < -0.3 is 8.82 Å². The number of aromatic nitrogens is 2. The molecule has 4 heteroatoms. The van der Waals surface area contributed by atoms with Crippen LogP contribution in [0.2, 0.25) is 0 Å². The fourth-order valence-electron chi connectivity index (χ4n) is 2.33. The molecule has 0 N–H and O–H groups in total. The van der Waals surface area contributed by atoms with Crippen molar-refractivity contribution in [3.63, 3.8) is 0 Å². The Labute approximate surface area is 126 Å². The van der Waals surface area contributed by atoms with Gasteiger partial charge in [-0.3, -0.25) is 0 Å². The monoisotopic (exact) mass is 328 g/mol. The third-order valence-corrected chi connectivity index (χ3v) is 3.28. The van der Waals surface area contributed by atoms with E-state index in [4.69, 9.17) is 4.42 Å². The molecule has 100 valence electrons. The van der Waals surface area contributed by atoms with E-state index in [2.05, 4.69) is 24.2 Å². The number of hydrogen-bond donors (Lipinski definition) is 0. The van der Waals surface area contributed by atoms with Gasteiger partial charge in [-0.15, -0.1) is 17.0 Å². The predicted octanol–water partition coefficient (Wildman–Crippen LogP) is 4.63. The number of fused-ring (bicyclic) bond motifs is 2. The highest BCUT2D eigenvalue weighted by Gasteiger charge is 2.09. The number of pyridine rings is 1. The largest absolute Gasteiger partial charge is 0.454 e. The standard InChI is InChI=1S/C16H12N2O.BrH/c1-11-6-7-16-17-13(10-18(16)9-11)15-8-12-4-2-3-5-14(12)19-15;/h2-10H,1H3;1H. The highest BCUT2D eigenvalue weighted by molar-refractivity contribution is 8.93. The van der Waals surface area contributed by atoms with E-state index in [-0.39, 0.29) is 17.0 Å². The van der Waals surface area contributed by atoms with Crippen molar-refractivity contribution in [1.29, 1.82) is 0 Å². The molecule has 4 aromatic rings. The van der Waals surface area contributed by atoms with Crippen molar-refractivity contribution >= 4 is 33.6 Å². The van der Waals surface area contributed by atoms with Gasteiger partial charge in [0.25, 0.3) is 0 Å². The Kier molecular flexibility index (Phi) is 3.10. The third kappa shape index (κ3) is 2.02. The molecule has 0 saturated carbocycles. The third-order valence-electron chi connectivity index (χ3n) is 3.28. The fraction of sp³-hybridized carbons (Fsp3) is 0.0625. The van der Waals surface area contributed by atoms with Crippen LogP contribution in [0.5, 0.6) is 0 Å². The molecule has 0 aliphatic heterocycles. The predicted molar refractivity (Wildman–Crippen MR) is 85.5 cm³/mol. The summed E-state index contributed by atoms with van der Waals surface area (Å²) < 4.78 is 7.86. The molecule has 0 spiro atoms. The van der Waals surface area contributed by atoms with E-state index in [1.165, 1.54) is 5.56 Å². The summed E-state index contributed by atoms with van der Waals surface area (Å²) in [5.41, 5.74) is 3.90. The van der Waals surface area contributed by atoms with E-state index in [0.29, 0.717) is 0 Å². The first-order valence-electron chi connectivity index (χ1n) is 6.24. The Morgan fingerprint density at radius 1 is 1.05 bits per heavy atom. The lowest BCUT2D eigenvalue weighted by Gasteiger charge is -1.92. The van der Waals surface area contributed by atoms with Gasteiger partial charge in [0.15, 0.2) is 5.76 Å². The minimum atomic E-state index is 0. The number of benzene rings is 1. The van der Waals surface area contributed by atoms with Crippen LogP contribution in [0, 0.1) is 6.92 Å². The van der Waals surface area contributed by atoms with E-state index in [1.807, 2.05) is 47.0 Å². The second-order valence-electron chi connectivity index (χ2n) is 4.75. The Morgan fingerprint density at radius 2 is 1.90 bits per heavy atom. The summed E-state index contributed by atoms with van der Waals surface area (Å²) in [7, 11) is 0. The maximum Gasteiger partial charge on any atom is 0.155 e. The van der Waals surface area contributed by atoms with Gasteiger partial charge in [0.2, 0.25) is 0 Å². The lowest BCUT2D eigenvalue weighted by atomic mass is 10.2. The number of imidazole rings is 1. The van der Waals surface area contributed by atoms with E-state index >= 15 is 0 Å². The van der Waals surface area contributed by atoms with Crippen LogP contribution in [0.25, 0.3) is 28.1 Å². The van der Waals surface area contributed by atoms with Crippen molar-refractivity contribution in [1.82, 2.24) is 9.38 Å². The molecule has 20 heavy (non-hydrogen) atoms. The minimum Gasteiger partial charge on any atom is -0.454 e. The van der Waals surface area contributed by atoms with Gasteiger partial charge in [-0.1, -0.05) is 24.3 Å². The van der Waals surface area contributed by atoms with Crippen molar-refractivity contribution in [2.45, 2.75) is 6.92 Å². The molecule has 3 aromatic heterocycles. The smallest absolute Gasteiger partial charge is 0.155 e. The molecule has 0 bridgehead atoms. The van der Waals surface area contributed by atoms with Crippen LogP contribution in [-0.2, 0) is 0 Å². The topological polar surface area (TPSA) is 30.4 Å². The van der Waals surface area contributed by atoms with Crippen LogP contribution in [0.4, 0.5) is 0 Å². The molecule has 3 heterocycles. The number of para-hydroxylation sites is 1. The second kappa shape index (κ2) is 4.80. The highest BCUT2D eigenvalue weighted by atomic mass is 79.9. The highest BCUT2D eigenvalue weighted by Crippen LogP contribution is 2.27. The van der Waals surface area contributed by atoms with Gasteiger partial charge >= 0.3 is 0 Å². The molecule has 0 saturated heterocycles. The molecule has 0 atom stereocenters. The minimum absolute atomic E-state index is 0. The summed E-state index contributed by atoms with van der Waals surface area (Å²) in [6.45, 7) is 2.07. The van der Waals surface area contributed by atoms with Crippen LogP contribution >= 0.6 is 17.0 Å². The first-order chi connectivity index (χ1) is 9.29. The van der Waals surface area contributed by atoms with Crippen LogP contribution in [-0.4, -0.2) is 9.38 Å². The maximum atomic E-state index is 5.84. The number of nitrogens with zero attached hydrogens (tertiary/aromatic N) is 2. The molecule has 0 fully saturated rings. The summed E-state index contributed by atoms with van der Waals surface area (Å²) in [6, 6.07) is 14.1. The van der Waals surface area contributed by atoms with E-state index < -0.39 is 0 Å². The van der Waals surface area contributed by atoms with Crippen molar-refractivity contribution in [2.24, 2.45) is 0 Å². The molecule has 0 aliphatic rings. The molecular formula is C16H13BrN2O. The molecule has 0 aliphatic carbocycles. The van der Waals surface area contributed by atoms with Gasteiger partial charge in [0, 0.05) is 17.8 Å². The van der Waals surface area contributed by atoms with Gasteiger partial charge in [-0.2, -0.15) is 0 Å². The quantitative estimate of drug-likeness (QED) is 0.509. The van der Waals surface area contributed by atoms with Crippen molar-refractivity contribution in [3.05, 3.63) is 60.4 Å². The molecule has 0 amide bonds. The molecule has 4 rings (SSSR count). The summed E-state index contributed by atoms with van der Waals surface area (Å²) >= 11 is 0. The normalized spacial score (nSPS) is 10.8. The molecule has 0 unspecified atom stereocenters. The first-order valence-corrected chi connectivity index (χ1v) is 6.24. The Hall–Kier alpha value is -2.07. The zero-order valence-corrected chi connectivity index (χ0v) is 12.6. The Bertz CT molecular complexity index is 859. The van der Waals surface area contributed by atoms with Gasteiger partial charge in [0.05, 0.1) is 0 Å². The summed E-state index contributed by atoms with van der Waals surface area (Å²) in [4.78, 5) is 4.59. The molecular weight excluding hydrogens is 316 g/mol. The van der Waals surface area contributed by atoms with Crippen molar-refractivity contribution < 1.29 is 4.42 Å². The van der Waals surface area contributed by atoms with Crippen LogP contribution in [0.1, 0.15) is 5.56 Å². The second-order valence-corrected chi connectivity index (χ2v) is 4.75. The summed E-state index contributed by atoms with van der Waals surface area (Å²) in [5.74, 6) is 0.808. The SMILES string of the molecule is Br.Cc1ccc2nc(-c3cc4ccccc4o3)cn2c1. The van der Waals surface area contributed by atoms with Gasteiger partial charge in [-0.25, -0.2) is 4.98 Å². The summed E-state index contributed by atoms with van der Waals surface area (Å²) in [5, 5.41) is 1.10. The van der Waals surface area contributed by atoms with Crippen LogP contribution < -0.4 is 0 Å². The zero-order chi connectivity index (χ0) is 12.8. The van der Waals surface area contributed by atoms with Crippen LogP contribution in [0.3, 0.4) is 0 Å². The number of hydrogen-bond acceptors (Lipinski definition) is 2. The van der Waals surface area contributed by atoms with Gasteiger partial charge in [-0.05, 0) is 30.7 Å².